The van der Waals surface area contributed by atoms with Crippen molar-refractivity contribution in [2.24, 2.45) is 5.41 Å². The van der Waals surface area contributed by atoms with Crippen LogP contribution in [0.3, 0.4) is 0 Å². The second kappa shape index (κ2) is 5.69. The molecule has 5 heteroatoms. The molecule has 1 rings (SSSR count). The fourth-order valence-electron chi connectivity index (χ4n) is 1.89. The van der Waals surface area contributed by atoms with E-state index in [1.165, 1.54) is 0 Å². The summed E-state index contributed by atoms with van der Waals surface area (Å²) in [5, 5.41) is 6.03. The molecule has 5 nitrogen and oxygen atoms in total. The van der Waals surface area contributed by atoms with Crippen LogP contribution in [0.15, 0.2) is 0 Å². The Hall–Kier alpha value is -1.10. The number of hydrogen-bond acceptors (Lipinski definition) is 3. The lowest BCUT2D eigenvalue weighted by Crippen LogP contribution is -2.57. The Morgan fingerprint density at radius 2 is 2.00 bits per heavy atom. The van der Waals surface area contributed by atoms with E-state index in [2.05, 4.69) is 10.6 Å². The van der Waals surface area contributed by atoms with Crippen molar-refractivity contribution in [1.29, 1.82) is 0 Å². The molecule has 1 aliphatic heterocycles. The van der Waals surface area contributed by atoms with Gasteiger partial charge in [0.05, 0.1) is 0 Å². The van der Waals surface area contributed by atoms with Crippen molar-refractivity contribution in [2.75, 3.05) is 19.6 Å². The molecule has 0 bridgehead atoms. The Kier molecular flexibility index (Phi) is 4.73. The number of carbonyl (C=O) groups excluding carboxylic acids is 2. The molecule has 2 N–H and O–H groups in total. The molecule has 1 heterocycles. The van der Waals surface area contributed by atoms with E-state index >= 15 is 0 Å². The quantitative estimate of drug-likeness (QED) is 0.749. The van der Waals surface area contributed by atoms with Gasteiger partial charge in [0.1, 0.15) is 6.04 Å². The lowest BCUT2D eigenvalue weighted by atomic mass is 9.95. The molecule has 0 aromatic heterocycles. The third-order valence-electron chi connectivity index (χ3n) is 3.18. The molecule has 0 spiro atoms. The van der Waals surface area contributed by atoms with Crippen LogP contribution >= 0.6 is 0 Å². The second-order valence-electron chi connectivity index (χ2n) is 6.03. The molecule has 1 fully saturated rings. The van der Waals surface area contributed by atoms with Crippen LogP contribution in [0.25, 0.3) is 0 Å². The average Bonchev–Trinajstić information content (AvgIpc) is 2.27. The highest BCUT2D eigenvalue weighted by atomic mass is 16.2. The summed E-state index contributed by atoms with van der Waals surface area (Å²) in [6.07, 6.45) is 0. The molecule has 0 aromatic rings. The first-order valence-corrected chi connectivity index (χ1v) is 6.55. The van der Waals surface area contributed by atoms with Gasteiger partial charge in [-0.05, 0) is 13.8 Å². The molecule has 0 aliphatic carbocycles. The Morgan fingerprint density at radius 3 is 2.50 bits per heavy atom. The maximum Gasteiger partial charge on any atom is 0.245 e. The number of rotatable bonds is 2. The van der Waals surface area contributed by atoms with Crippen LogP contribution in [0, 0.1) is 5.41 Å². The molecule has 0 saturated carbocycles. The van der Waals surface area contributed by atoms with E-state index in [0.29, 0.717) is 6.54 Å². The third kappa shape index (κ3) is 3.70. The van der Waals surface area contributed by atoms with E-state index in [1.807, 2.05) is 32.6 Å². The highest BCUT2D eigenvalue weighted by molar-refractivity contribution is 5.89. The summed E-state index contributed by atoms with van der Waals surface area (Å²) < 4.78 is 0. The van der Waals surface area contributed by atoms with Gasteiger partial charge in [-0.2, -0.15) is 0 Å². The Morgan fingerprint density at radius 1 is 1.39 bits per heavy atom. The largest absolute Gasteiger partial charge is 0.344 e. The zero-order valence-corrected chi connectivity index (χ0v) is 12.0. The van der Waals surface area contributed by atoms with Crippen molar-refractivity contribution in [3.05, 3.63) is 0 Å². The van der Waals surface area contributed by atoms with Crippen LogP contribution in [0.5, 0.6) is 0 Å². The van der Waals surface area contributed by atoms with E-state index in [-0.39, 0.29) is 17.9 Å². The van der Waals surface area contributed by atoms with E-state index in [4.69, 9.17) is 0 Å². The zero-order valence-electron chi connectivity index (χ0n) is 12.0. The van der Waals surface area contributed by atoms with Crippen LogP contribution in [0.1, 0.15) is 34.6 Å². The molecule has 1 saturated heterocycles. The maximum absolute atomic E-state index is 12.3. The first-order valence-electron chi connectivity index (χ1n) is 6.55. The second-order valence-corrected chi connectivity index (χ2v) is 6.03. The van der Waals surface area contributed by atoms with Gasteiger partial charge in [0.2, 0.25) is 11.8 Å². The summed E-state index contributed by atoms with van der Waals surface area (Å²) in [7, 11) is 0. The lowest BCUT2D eigenvalue weighted by molar-refractivity contribution is -0.140. The number of nitrogens with zero attached hydrogens (tertiary/aromatic N) is 1. The highest BCUT2D eigenvalue weighted by Gasteiger charge is 2.30. The molecule has 2 atom stereocenters. The van der Waals surface area contributed by atoms with Gasteiger partial charge in [-0.3, -0.25) is 9.59 Å². The lowest BCUT2D eigenvalue weighted by Gasteiger charge is -2.36. The third-order valence-corrected chi connectivity index (χ3v) is 3.18. The standard InChI is InChI=1S/C13H25N3O2/c1-9-8-14-6-7-16(9)11(17)10(2)15-12(18)13(3,4)5/h9-10,14H,6-8H2,1-5H3,(H,15,18). The van der Waals surface area contributed by atoms with Crippen molar-refractivity contribution in [3.63, 3.8) is 0 Å². The number of piperazine rings is 1. The van der Waals surface area contributed by atoms with Gasteiger partial charge in [0, 0.05) is 31.1 Å². The van der Waals surface area contributed by atoms with Gasteiger partial charge in [0.15, 0.2) is 0 Å². The summed E-state index contributed by atoms with van der Waals surface area (Å²) >= 11 is 0. The topological polar surface area (TPSA) is 61.4 Å². The van der Waals surface area contributed by atoms with Gasteiger partial charge in [0.25, 0.3) is 0 Å². The van der Waals surface area contributed by atoms with Crippen LogP contribution in [-0.2, 0) is 9.59 Å². The van der Waals surface area contributed by atoms with Gasteiger partial charge >= 0.3 is 0 Å². The molecule has 0 aromatic carbocycles. The van der Waals surface area contributed by atoms with Crippen molar-refractivity contribution in [1.82, 2.24) is 15.5 Å². The van der Waals surface area contributed by atoms with E-state index in [1.54, 1.807) is 6.92 Å². The molecule has 2 amide bonds. The number of amides is 2. The van der Waals surface area contributed by atoms with E-state index in [9.17, 15) is 9.59 Å². The number of hydrogen-bond donors (Lipinski definition) is 2. The van der Waals surface area contributed by atoms with Gasteiger partial charge in [-0.25, -0.2) is 0 Å². The molecule has 18 heavy (non-hydrogen) atoms. The fraction of sp³-hybridized carbons (Fsp3) is 0.846. The number of carbonyl (C=O) groups is 2. The maximum atomic E-state index is 12.3. The SMILES string of the molecule is CC(NC(=O)C(C)(C)C)C(=O)N1CCNCC1C. The molecule has 0 radical (unpaired) electrons. The summed E-state index contributed by atoms with van der Waals surface area (Å²) in [4.78, 5) is 25.9. The summed E-state index contributed by atoms with van der Waals surface area (Å²) in [5.41, 5.74) is -0.469. The number of nitrogens with one attached hydrogen (secondary N) is 2. The van der Waals surface area contributed by atoms with Gasteiger partial charge in [-0.15, -0.1) is 0 Å². The predicted octanol–water partition coefficient (Wildman–Crippen LogP) is 0.358. The Bertz CT molecular complexity index is 323. The normalized spacial score (nSPS) is 22.5. The minimum atomic E-state index is -0.469. The van der Waals surface area contributed by atoms with E-state index < -0.39 is 11.5 Å². The minimum absolute atomic E-state index is 0.00148. The van der Waals surface area contributed by atoms with Crippen LogP contribution in [0.4, 0.5) is 0 Å². The predicted molar refractivity (Wildman–Crippen MR) is 71.1 cm³/mol. The molecule has 104 valence electrons. The minimum Gasteiger partial charge on any atom is -0.344 e. The van der Waals surface area contributed by atoms with Crippen LogP contribution < -0.4 is 10.6 Å². The summed E-state index contributed by atoms with van der Waals surface area (Å²) in [6, 6.07) is -0.280. The van der Waals surface area contributed by atoms with Gasteiger partial charge in [-0.1, -0.05) is 20.8 Å². The smallest absolute Gasteiger partial charge is 0.245 e. The highest BCUT2D eigenvalue weighted by Crippen LogP contribution is 2.13. The van der Waals surface area contributed by atoms with Crippen molar-refractivity contribution in [2.45, 2.75) is 46.7 Å². The first-order chi connectivity index (χ1) is 8.23. The van der Waals surface area contributed by atoms with Crippen molar-refractivity contribution < 1.29 is 9.59 Å². The van der Waals surface area contributed by atoms with Crippen LogP contribution in [0.2, 0.25) is 0 Å². The molecular formula is C13H25N3O2. The van der Waals surface area contributed by atoms with Crippen molar-refractivity contribution >= 4 is 11.8 Å². The van der Waals surface area contributed by atoms with E-state index in [0.717, 1.165) is 13.1 Å². The zero-order chi connectivity index (χ0) is 13.9. The van der Waals surface area contributed by atoms with Crippen molar-refractivity contribution in [3.8, 4) is 0 Å². The Balaban J connectivity index is 2.58. The average molecular weight is 255 g/mol. The summed E-state index contributed by atoms with van der Waals surface area (Å²) in [6.45, 7) is 11.6. The molecule has 1 aliphatic rings. The van der Waals surface area contributed by atoms with Crippen LogP contribution in [-0.4, -0.2) is 48.4 Å². The molecule has 2 unspecified atom stereocenters. The Labute approximate surface area is 109 Å². The monoisotopic (exact) mass is 255 g/mol. The first kappa shape index (κ1) is 15.0. The van der Waals surface area contributed by atoms with Gasteiger partial charge < -0.3 is 15.5 Å². The fourth-order valence-corrected chi connectivity index (χ4v) is 1.89. The molecular weight excluding hydrogens is 230 g/mol. The summed E-state index contributed by atoms with van der Waals surface area (Å²) in [5.74, 6) is -0.0901.